The normalized spacial score (nSPS) is 11.0. The second-order valence-corrected chi connectivity index (χ2v) is 5.50. The molecule has 1 aromatic heterocycles. The summed E-state index contributed by atoms with van der Waals surface area (Å²) in [5, 5.41) is 0. The highest BCUT2D eigenvalue weighted by atomic mass is 19.1. The van der Waals surface area contributed by atoms with Gasteiger partial charge in [0, 0.05) is 11.6 Å². The van der Waals surface area contributed by atoms with Crippen LogP contribution in [-0.4, -0.2) is 16.8 Å². The van der Waals surface area contributed by atoms with Gasteiger partial charge in [0.1, 0.15) is 17.3 Å². The molecule has 112 valence electrons. The fraction of sp³-hybridized carbons (Fsp3) is 0.353. The lowest BCUT2D eigenvalue weighted by Gasteiger charge is -2.26. The van der Waals surface area contributed by atoms with Crippen LogP contribution in [0.4, 0.5) is 4.39 Å². The van der Waals surface area contributed by atoms with Gasteiger partial charge in [-0.3, -0.25) is 4.79 Å². The third kappa shape index (κ3) is 3.51. The monoisotopic (exact) mass is 289 g/mol. The quantitative estimate of drug-likeness (QED) is 0.849. The Morgan fingerprint density at radius 1 is 1.24 bits per heavy atom. The number of furan rings is 1. The van der Waals surface area contributed by atoms with Gasteiger partial charge in [-0.1, -0.05) is 0 Å². The van der Waals surface area contributed by atoms with Gasteiger partial charge in [0.15, 0.2) is 0 Å². The number of hydrogen-bond donors (Lipinski definition) is 0. The van der Waals surface area contributed by atoms with Crippen LogP contribution < -0.4 is 0 Å². The number of amides is 1. The molecule has 0 fully saturated rings. The molecule has 0 unspecified atom stereocenters. The molecule has 0 saturated heterocycles. The fourth-order valence-corrected chi connectivity index (χ4v) is 2.25. The average Bonchev–Trinajstić information content (AvgIpc) is 2.80. The number of rotatable bonds is 4. The number of carbonyl (C=O) groups excluding carboxylic acids is 1. The van der Waals surface area contributed by atoms with Gasteiger partial charge in [-0.25, -0.2) is 4.39 Å². The minimum absolute atomic E-state index is 0.0207. The second kappa shape index (κ2) is 6.12. The Balaban J connectivity index is 2.27. The van der Waals surface area contributed by atoms with Crippen molar-refractivity contribution in [3.63, 3.8) is 0 Å². The molecule has 1 heterocycles. The van der Waals surface area contributed by atoms with Crippen molar-refractivity contribution in [3.05, 3.63) is 58.8 Å². The topological polar surface area (TPSA) is 33.5 Å². The number of nitrogens with zero attached hydrogens (tertiary/aromatic N) is 1. The van der Waals surface area contributed by atoms with Crippen LogP contribution in [0.3, 0.4) is 0 Å². The highest BCUT2D eigenvalue weighted by Crippen LogP contribution is 2.18. The standard InChI is InChI=1S/C17H20FNO2/c1-11(2)19(10-15-7-5-13(4)21-15)17(20)16-8-6-14(18)9-12(16)3/h5-9,11H,10H2,1-4H3. The molecule has 0 atom stereocenters. The highest BCUT2D eigenvalue weighted by Gasteiger charge is 2.21. The van der Waals surface area contributed by atoms with Crippen molar-refractivity contribution < 1.29 is 13.6 Å². The average molecular weight is 289 g/mol. The zero-order chi connectivity index (χ0) is 15.6. The van der Waals surface area contributed by atoms with Crippen molar-refractivity contribution in [1.29, 1.82) is 0 Å². The summed E-state index contributed by atoms with van der Waals surface area (Å²) in [4.78, 5) is 14.4. The van der Waals surface area contributed by atoms with Crippen molar-refractivity contribution in [2.45, 2.75) is 40.3 Å². The summed E-state index contributed by atoms with van der Waals surface area (Å²) in [7, 11) is 0. The molecule has 0 spiro atoms. The SMILES string of the molecule is Cc1ccc(CN(C(=O)c2ccc(F)cc2C)C(C)C)o1. The molecule has 1 aromatic carbocycles. The predicted octanol–water partition coefficient (Wildman–Crippen LogP) is 4.09. The van der Waals surface area contributed by atoms with Crippen molar-refractivity contribution >= 4 is 5.91 Å². The van der Waals surface area contributed by atoms with Crippen LogP contribution in [0.1, 0.15) is 41.3 Å². The van der Waals surface area contributed by atoms with E-state index in [1.807, 2.05) is 32.9 Å². The summed E-state index contributed by atoms with van der Waals surface area (Å²) >= 11 is 0. The third-order valence-electron chi connectivity index (χ3n) is 3.43. The third-order valence-corrected chi connectivity index (χ3v) is 3.43. The lowest BCUT2D eigenvalue weighted by Crippen LogP contribution is -2.36. The first-order valence-electron chi connectivity index (χ1n) is 7.01. The van der Waals surface area contributed by atoms with Crippen LogP contribution in [0.15, 0.2) is 34.7 Å². The van der Waals surface area contributed by atoms with Crippen LogP contribution in [-0.2, 0) is 6.54 Å². The van der Waals surface area contributed by atoms with Crippen LogP contribution in [0.25, 0.3) is 0 Å². The molecule has 0 aliphatic heterocycles. The molecule has 0 saturated carbocycles. The first-order chi connectivity index (χ1) is 9.88. The largest absolute Gasteiger partial charge is 0.464 e. The summed E-state index contributed by atoms with van der Waals surface area (Å²) in [5.74, 6) is 1.12. The van der Waals surface area contributed by atoms with Gasteiger partial charge in [0.05, 0.1) is 6.54 Å². The lowest BCUT2D eigenvalue weighted by molar-refractivity contribution is 0.0674. The summed E-state index contributed by atoms with van der Waals surface area (Å²) in [6.07, 6.45) is 0. The summed E-state index contributed by atoms with van der Waals surface area (Å²) in [5.41, 5.74) is 1.16. The molecular formula is C17H20FNO2. The molecule has 1 amide bonds. The van der Waals surface area contributed by atoms with Crippen LogP contribution >= 0.6 is 0 Å². The van der Waals surface area contributed by atoms with E-state index in [4.69, 9.17) is 4.42 Å². The van der Waals surface area contributed by atoms with E-state index in [0.29, 0.717) is 17.7 Å². The molecule has 3 nitrogen and oxygen atoms in total. The maximum atomic E-state index is 13.2. The van der Waals surface area contributed by atoms with Crippen molar-refractivity contribution in [3.8, 4) is 0 Å². The van der Waals surface area contributed by atoms with E-state index in [2.05, 4.69) is 0 Å². The van der Waals surface area contributed by atoms with Gasteiger partial charge >= 0.3 is 0 Å². The van der Waals surface area contributed by atoms with Crippen LogP contribution in [0.2, 0.25) is 0 Å². The molecule has 2 rings (SSSR count). The second-order valence-electron chi connectivity index (χ2n) is 5.50. The molecule has 21 heavy (non-hydrogen) atoms. The highest BCUT2D eigenvalue weighted by molar-refractivity contribution is 5.95. The Hall–Kier alpha value is -2.10. The Bertz CT molecular complexity index is 646. The molecule has 0 N–H and O–H groups in total. The molecule has 0 aliphatic carbocycles. The van der Waals surface area contributed by atoms with E-state index in [9.17, 15) is 9.18 Å². The Morgan fingerprint density at radius 3 is 2.48 bits per heavy atom. The lowest BCUT2D eigenvalue weighted by atomic mass is 10.1. The van der Waals surface area contributed by atoms with Gasteiger partial charge in [0.25, 0.3) is 5.91 Å². The van der Waals surface area contributed by atoms with Crippen molar-refractivity contribution in [1.82, 2.24) is 4.90 Å². The molecule has 0 aliphatic rings. The van der Waals surface area contributed by atoms with Crippen LogP contribution in [0, 0.1) is 19.7 Å². The molecule has 0 radical (unpaired) electrons. The Kier molecular flexibility index (Phi) is 4.46. The number of hydrogen-bond acceptors (Lipinski definition) is 2. The summed E-state index contributed by atoms with van der Waals surface area (Å²) in [6.45, 7) is 7.92. The van der Waals surface area contributed by atoms with Gasteiger partial charge in [-0.15, -0.1) is 0 Å². The van der Waals surface area contributed by atoms with Crippen LogP contribution in [0.5, 0.6) is 0 Å². The van der Waals surface area contributed by atoms with Gasteiger partial charge in [0.2, 0.25) is 0 Å². The van der Waals surface area contributed by atoms with E-state index >= 15 is 0 Å². The summed E-state index contributed by atoms with van der Waals surface area (Å²) < 4.78 is 18.7. The number of aryl methyl sites for hydroxylation is 2. The van der Waals surface area contributed by atoms with Gasteiger partial charge < -0.3 is 9.32 Å². The minimum Gasteiger partial charge on any atom is -0.464 e. The van der Waals surface area contributed by atoms with E-state index in [-0.39, 0.29) is 17.8 Å². The van der Waals surface area contributed by atoms with E-state index in [0.717, 1.165) is 11.5 Å². The zero-order valence-corrected chi connectivity index (χ0v) is 12.8. The first kappa shape index (κ1) is 15.3. The number of benzene rings is 1. The molecular weight excluding hydrogens is 269 g/mol. The zero-order valence-electron chi connectivity index (χ0n) is 12.8. The van der Waals surface area contributed by atoms with Crippen molar-refractivity contribution in [2.24, 2.45) is 0 Å². The first-order valence-corrected chi connectivity index (χ1v) is 7.01. The van der Waals surface area contributed by atoms with Gasteiger partial charge in [-0.2, -0.15) is 0 Å². The summed E-state index contributed by atoms with van der Waals surface area (Å²) in [6, 6.07) is 8.00. The maximum Gasteiger partial charge on any atom is 0.254 e. The Morgan fingerprint density at radius 2 is 1.95 bits per heavy atom. The smallest absolute Gasteiger partial charge is 0.254 e. The van der Waals surface area contributed by atoms with E-state index in [1.54, 1.807) is 11.8 Å². The minimum atomic E-state index is -0.332. The van der Waals surface area contributed by atoms with E-state index < -0.39 is 0 Å². The number of carbonyl (C=O) groups is 1. The number of halogens is 1. The Labute approximate surface area is 124 Å². The molecule has 0 bridgehead atoms. The van der Waals surface area contributed by atoms with E-state index in [1.165, 1.54) is 18.2 Å². The van der Waals surface area contributed by atoms with Crippen molar-refractivity contribution in [2.75, 3.05) is 0 Å². The predicted molar refractivity (Wildman–Crippen MR) is 79.6 cm³/mol. The fourth-order valence-electron chi connectivity index (χ4n) is 2.25. The van der Waals surface area contributed by atoms with Gasteiger partial charge in [-0.05, 0) is 63.6 Å². The molecule has 4 heteroatoms. The molecule has 2 aromatic rings. The maximum absolute atomic E-state index is 13.2.